The van der Waals surface area contributed by atoms with Gasteiger partial charge in [-0.15, -0.1) is 0 Å². The molecule has 0 radical (unpaired) electrons. The van der Waals surface area contributed by atoms with Crippen molar-refractivity contribution in [1.82, 2.24) is 0 Å². The van der Waals surface area contributed by atoms with E-state index in [0.717, 1.165) is 30.5 Å². The lowest BCUT2D eigenvalue weighted by molar-refractivity contribution is -0.148. The van der Waals surface area contributed by atoms with E-state index < -0.39 is 0 Å². The minimum atomic E-state index is -0.294. The third-order valence-electron chi connectivity index (χ3n) is 2.88. The molecule has 2 rings (SSSR count). The number of carbonyl (C=O) groups excluding carboxylic acids is 2. The average molecular weight is 247 g/mol. The average Bonchev–Trinajstić information content (AvgIpc) is 3.20. The summed E-state index contributed by atoms with van der Waals surface area (Å²) >= 11 is 0. The van der Waals surface area contributed by atoms with Crippen LogP contribution in [-0.4, -0.2) is 18.5 Å². The number of hydrogen-bond donors (Lipinski definition) is 1. The van der Waals surface area contributed by atoms with E-state index in [1.54, 1.807) is 0 Å². The summed E-state index contributed by atoms with van der Waals surface area (Å²) in [5.41, 5.74) is 1.89. The zero-order chi connectivity index (χ0) is 13.0. The fourth-order valence-electron chi connectivity index (χ4n) is 1.64. The van der Waals surface area contributed by atoms with Crippen LogP contribution in [0, 0.1) is 5.92 Å². The van der Waals surface area contributed by atoms with Crippen molar-refractivity contribution in [2.45, 2.75) is 26.2 Å². The first kappa shape index (κ1) is 12.6. The third-order valence-corrected chi connectivity index (χ3v) is 2.88. The number of anilines is 1. The van der Waals surface area contributed by atoms with E-state index in [1.165, 1.54) is 0 Å². The molecule has 4 heteroatoms. The molecule has 1 aromatic rings. The van der Waals surface area contributed by atoms with Crippen LogP contribution < -0.4 is 5.32 Å². The summed E-state index contributed by atoms with van der Waals surface area (Å²) in [6, 6.07) is 7.63. The molecule has 0 atom stereocenters. The van der Waals surface area contributed by atoms with Gasteiger partial charge in [-0.1, -0.05) is 19.1 Å². The Bertz CT molecular complexity index is 452. The Kier molecular flexibility index (Phi) is 3.97. The Morgan fingerprint density at radius 2 is 2.17 bits per heavy atom. The maximum absolute atomic E-state index is 11.6. The number of ether oxygens (including phenoxy) is 1. The highest BCUT2D eigenvalue weighted by molar-refractivity contribution is 5.93. The Hall–Kier alpha value is -1.84. The van der Waals surface area contributed by atoms with E-state index in [0.29, 0.717) is 0 Å². The van der Waals surface area contributed by atoms with Gasteiger partial charge in [0.05, 0.1) is 5.92 Å². The molecule has 18 heavy (non-hydrogen) atoms. The third kappa shape index (κ3) is 3.58. The Labute approximate surface area is 106 Å². The van der Waals surface area contributed by atoms with Crippen molar-refractivity contribution in [2.75, 3.05) is 11.9 Å². The van der Waals surface area contributed by atoms with Crippen LogP contribution in [0.1, 0.15) is 25.3 Å². The van der Waals surface area contributed by atoms with Crippen LogP contribution in [0.3, 0.4) is 0 Å². The van der Waals surface area contributed by atoms with Gasteiger partial charge in [0.1, 0.15) is 0 Å². The summed E-state index contributed by atoms with van der Waals surface area (Å²) in [6.45, 7) is 1.85. The number of esters is 1. The zero-order valence-electron chi connectivity index (χ0n) is 10.4. The van der Waals surface area contributed by atoms with Crippen LogP contribution in [0.25, 0.3) is 0 Å². The molecule has 0 bridgehead atoms. The van der Waals surface area contributed by atoms with Gasteiger partial charge < -0.3 is 10.1 Å². The van der Waals surface area contributed by atoms with Gasteiger partial charge in [0.25, 0.3) is 5.91 Å². The number of nitrogens with one attached hydrogen (secondary N) is 1. The summed E-state index contributed by atoms with van der Waals surface area (Å²) in [4.78, 5) is 22.8. The van der Waals surface area contributed by atoms with Crippen LogP contribution in [-0.2, 0) is 20.7 Å². The molecule has 0 unspecified atom stereocenters. The van der Waals surface area contributed by atoms with Gasteiger partial charge >= 0.3 is 5.97 Å². The van der Waals surface area contributed by atoms with E-state index in [4.69, 9.17) is 4.74 Å². The molecular formula is C14H17NO3. The van der Waals surface area contributed by atoms with Crippen LogP contribution in [0.2, 0.25) is 0 Å². The molecule has 1 aromatic carbocycles. The fourth-order valence-corrected chi connectivity index (χ4v) is 1.64. The molecule has 1 aliphatic rings. The number of amides is 1. The molecule has 1 fully saturated rings. The van der Waals surface area contributed by atoms with Crippen LogP contribution in [0.5, 0.6) is 0 Å². The van der Waals surface area contributed by atoms with E-state index in [-0.39, 0.29) is 24.4 Å². The number of aryl methyl sites for hydroxylation is 1. The molecule has 1 amide bonds. The van der Waals surface area contributed by atoms with Crippen molar-refractivity contribution in [3.8, 4) is 0 Å². The van der Waals surface area contributed by atoms with Crippen molar-refractivity contribution in [3.05, 3.63) is 29.8 Å². The molecule has 1 saturated carbocycles. The minimum Gasteiger partial charge on any atom is -0.455 e. The molecule has 0 heterocycles. The summed E-state index contributed by atoms with van der Waals surface area (Å²) in [6.07, 6.45) is 2.69. The van der Waals surface area contributed by atoms with Gasteiger partial charge in [-0.25, -0.2) is 0 Å². The van der Waals surface area contributed by atoms with Crippen molar-refractivity contribution in [3.63, 3.8) is 0 Å². The molecule has 1 aliphatic carbocycles. The SMILES string of the molecule is CCc1cccc(NC(=O)COC(=O)C2CC2)c1. The predicted octanol–water partition coefficient (Wildman–Crippen LogP) is 2.14. The number of hydrogen-bond acceptors (Lipinski definition) is 3. The van der Waals surface area contributed by atoms with E-state index >= 15 is 0 Å². The maximum Gasteiger partial charge on any atom is 0.309 e. The zero-order valence-corrected chi connectivity index (χ0v) is 10.4. The van der Waals surface area contributed by atoms with Crippen molar-refractivity contribution in [1.29, 1.82) is 0 Å². The smallest absolute Gasteiger partial charge is 0.309 e. The summed E-state index contributed by atoms with van der Waals surface area (Å²) in [5.74, 6) is -0.522. The lowest BCUT2D eigenvalue weighted by atomic mass is 10.1. The lowest BCUT2D eigenvalue weighted by Gasteiger charge is -2.07. The molecule has 0 spiro atoms. The Morgan fingerprint density at radius 1 is 1.39 bits per heavy atom. The van der Waals surface area contributed by atoms with Gasteiger partial charge in [-0.05, 0) is 37.0 Å². The van der Waals surface area contributed by atoms with Crippen molar-refractivity contribution in [2.24, 2.45) is 5.92 Å². The monoisotopic (exact) mass is 247 g/mol. The van der Waals surface area contributed by atoms with E-state index in [2.05, 4.69) is 12.2 Å². The second-order valence-electron chi connectivity index (χ2n) is 4.48. The molecule has 1 N–H and O–H groups in total. The molecule has 96 valence electrons. The quantitative estimate of drug-likeness (QED) is 0.811. The molecule has 0 saturated heterocycles. The summed E-state index contributed by atoms with van der Waals surface area (Å²) in [7, 11) is 0. The van der Waals surface area contributed by atoms with Crippen LogP contribution >= 0.6 is 0 Å². The first-order chi connectivity index (χ1) is 8.69. The van der Waals surface area contributed by atoms with Crippen molar-refractivity contribution >= 4 is 17.6 Å². The highest BCUT2D eigenvalue weighted by Crippen LogP contribution is 2.29. The van der Waals surface area contributed by atoms with E-state index in [9.17, 15) is 9.59 Å². The second-order valence-corrected chi connectivity index (χ2v) is 4.48. The maximum atomic E-state index is 11.6. The van der Waals surface area contributed by atoms with Crippen LogP contribution in [0.4, 0.5) is 5.69 Å². The van der Waals surface area contributed by atoms with Gasteiger partial charge in [-0.2, -0.15) is 0 Å². The number of carbonyl (C=O) groups is 2. The first-order valence-corrected chi connectivity index (χ1v) is 6.24. The topological polar surface area (TPSA) is 55.4 Å². The molecular weight excluding hydrogens is 230 g/mol. The fraction of sp³-hybridized carbons (Fsp3) is 0.429. The minimum absolute atomic E-state index is 0.0289. The number of rotatable bonds is 5. The molecule has 0 aromatic heterocycles. The lowest BCUT2D eigenvalue weighted by Crippen LogP contribution is -2.21. The van der Waals surface area contributed by atoms with Crippen LogP contribution in [0.15, 0.2) is 24.3 Å². The number of benzene rings is 1. The van der Waals surface area contributed by atoms with Gasteiger partial charge in [-0.3, -0.25) is 9.59 Å². The predicted molar refractivity (Wildman–Crippen MR) is 68.1 cm³/mol. The first-order valence-electron chi connectivity index (χ1n) is 6.24. The van der Waals surface area contributed by atoms with Gasteiger partial charge in [0.2, 0.25) is 0 Å². The molecule has 0 aliphatic heterocycles. The van der Waals surface area contributed by atoms with Crippen molar-refractivity contribution < 1.29 is 14.3 Å². The standard InChI is InChI=1S/C14H17NO3/c1-2-10-4-3-5-12(8-10)15-13(16)9-18-14(17)11-6-7-11/h3-5,8,11H,2,6-7,9H2,1H3,(H,15,16). The highest BCUT2D eigenvalue weighted by Gasteiger charge is 2.31. The molecule has 4 nitrogen and oxygen atoms in total. The Balaban J connectivity index is 1.80. The largest absolute Gasteiger partial charge is 0.455 e. The van der Waals surface area contributed by atoms with Gasteiger partial charge in [0.15, 0.2) is 6.61 Å². The highest BCUT2D eigenvalue weighted by atomic mass is 16.5. The normalized spacial score (nSPS) is 14.1. The summed E-state index contributed by atoms with van der Waals surface area (Å²) < 4.78 is 4.91. The Morgan fingerprint density at radius 3 is 2.83 bits per heavy atom. The van der Waals surface area contributed by atoms with E-state index in [1.807, 2.05) is 24.3 Å². The second kappa shape index (κ2) is 5.67. The van der Waals surface area contributed by atoms with Gasteiger partial charge in [0, 0.05) is 5.69 Å². The summed E-state index contributed by atoms with van der Waals surface area (Å²) in [5, 5.41) is 2.72.